The van der Waals surface area contributed by atoms with Gasteiger partial charge in [0, 0.05) is 12.2 Å². The molecule has 0 saturated heterocycles. The van der Waals surface area contributed by atoms with Crippen LogP contribution in [-0.2, 0) is 0 Å². The Hall–Kier alpha value is -0.440. The molecule has 0 aromatic heterocycles. The second-order valence-electron chi connectivity index (χ2n) is 2.31. The number of hydrogen-bond acceptors (Lipinski definition) is 3. The average Bonchev–Trinajstić information content (AvgIpc) is 2.31. The molecule has 0 radical (unpaired) electrons. The van der Waals surface area contributed by atoms with Gasteiger partial charge < -0.3 is 10.3 Å². The summed E-state index contributed by atoms with van der Waals surface area (Å²) in [6.07, 6.45) is 1.07. The second kappa shape index (κ2) is 3.66. The molecule has 0 amide bonds. The molecule has 3 heteroatoms. The summed E-state index contributed by atoms with van der Waals surface area (Å²) in [5.41, 5.74) is 1.26. The van der Waals surface area contributed by atoms with Gasteiger partial charge in [0.2, 0.25) is 0 Å². The van der Waals surface area contributed by atoms with Crippen LogP contribution in [0.4, 0.5) is 0 Å². The van der Waals surface area contributed by atoms with Crippen molar-refractivity contribution in [3.05, 3.63) is 11.1 Å². The predicted octanol–water partition coefficient (Wildman–Crippen LogP) is 1.60. The number of nitrogens with one attached hydrogen (secondary N) is 1. The van der Waals surface area contributed by atoms with Crippen molar-refractivity contribution in [2.75, 3.05) is 6.54 Å². The molecule has 56 valence electrons. The van der Waals surface area contributed by atoms with Crippen LogP contribution < -0.4 is 5.32 Å². The second-order valence-corrected chi connectivity index (χ2v) is 3.38. The third-order valence-electron chi connectivity index (χ3n) is 1.35. The molecule has 0 saturated carbocycles. The Morgan fingerprint density at radius 1 is 1.90 bits per heavy atom. The van der Waals surface area contributed by atoms with Gasteiger partial charge in [-0.25, -0.2) is 0 Å². The summed E-state index contributed by atoms with van der Waals surface area (Å²) in [5.74, 6) is 0. The summed E-state index contributed by atoms with van der Waals surface area (Å²) in [5, 5.41) is 6.00. The summed E-state index contributed by atoms with van der Waals surface area (Å²) in [7, 11) is 0. The third-order valence-corrected chi connectivity index (χ3v) is 2.52. The summed E-state index contributed by atoms with van der Waals surface area (Å²) in [6, 6.07) is 0. The summed E-state index contributed by atoms with van der Waals surface area (Å²) in [6.45, 7) is 6.37. The zero-order valence-electron chi connectivity index (χ0n) is 6.13. The van der Waals surface area contributed by atoms with Gasteiger partial charge in [0.1, 0.15) is 0 Å². The summed E-state index contributed by atoms with van der Waals surface area (Å²) in [4.78, 5) is 3.80. The molecule has 0 spiro atoms. The van der Waals surface area contributed by atoms with Crippen LogP contribution in [0, 0.1) is 0 Å². The zero-order valence-corrected chi connectivity index (χ0v) is 6.95. The molecule has 0 bridgehead atoms. The van der Waals surface area contributed by atoms with Gasteiger partial charge in [-0.2, -0.15) is 0 Å². The molecule has 0 aliphatic carbocycles. The fourth-order valence-corrected chi connectivity index (χ4v) is 1.79. The third kappa shape index (κ3) is 2.06. The van der Waals surface area contributed by atoms with E-state index in [1.165, 1.54) is 5.70 Å². The minimum absolute atomic E-state index is 0.533. The highest BCUT2D eigenvalue weighted by Crippen LogP contribution is 2.22. The first-order valence-electron chi connectivity index (χ1n) is 3.34. The summed E-state index contributed by atoms with van der Waals surface area (Å²) < 4.78 is 0. The lowest BCUT2D eigenvalue weighted by molar-refractivity contribution is 0.701. The zero-order chi connectivity index (χ0) is 7.40. The van der Waals surface area contributed by atoms with E-state index in [4.69, 9.17) is 0 Å². The van der Waals surface area contributed by atoms with Crippen molar-refractivity contribution in [2.24, 2.45) is 4.99 Å². The highest BCUT2D eigenvalue weighted by Gasteiger charge is 2.11. The SMILES string of the molecule is C=NCCC1NC(C)=CS1. The summed E-state index contributed by atoms with van der Waals surface area (Å²) >= 11 is 1.83. The van der Waals surface area contributed by atoms with Gasteiger partial charge in [-0.05, 0) is 25.5 Å². The van der Waals surface area contributed by atoms with Gasteiger partial charge >= 0.3 is 0 Å². The minimum atomic E-state index is 0.533. The van der Waals surface area contributed by atoms with E-state index in [1.807, 2.05) is 11.8 Å². The monoisotopic (exact) mass is 156 g/mol. The van der Waals surface area contributed by atoms with Crippen LogP contribution in [0.3, 0.4) is 0 Å². The smallest absolute Gasteiger partial charge is 0.0778 e. The highest BCUT2D eigenvalue weighted by molar-refractivity contribution is 8.02. The molecule has 2 nitrogen and oxygen atoms in total. The van der Waals surface area contributed by atoms with Gasteiger partial charge in [0.25, 0.3) is 0 Å². The number of thioether (sulfide) groups is 1. The first-order chi connectivity index (χ1) is 4.83. The fraction of sp³-hybridized carbons (Fsp3) is 0.571. The van der Waals surface area contributed by atoms with Crippen LogP contribution in [0.15, 0.2) is 16.1 Å². The molecule has 1 unspecified atom stereocenters. The number of rotatable bonds is 3. The maximum absolute atomic E-state index is 3.80. The van der Waals surface area contributed by atoms with Crippen LogP contribution >= 0.6 is 11.8 Å². The topological polar surface area (TPSA) is 24.4 Å². The van der Waals surface area contributed by atoms with E-state index in [2.05, 4.69) is 29.4 Å². The van der Waals surface area contributed by atoms with E-state index in [0.717, 1.165) is 13.0 Å². The standard InChI is InChI=1S/C7H12N2S/c1-6-5-10-7(9-6)3-4-8-2/h5,7,9H,2-4H2,1H3. The van der Waals surface area contributed by atoms with E-state index in [0.29, 0.717) is 5.37 Å². The van der Waals surface area contributed by atoms with Crippen molar-refractivity contribution in [2.45, 2.75) is 18.7 Å². The van der Waals surface area contributed by atoms with Gasteiger partial charge in [-0.1, -0.05) is 0 Å². The van der Waals surface area contributed by atoms with Crippen LogP contribution in [0.5, 0.6) is 0 Å². The molecule has 10 heavy (non-hydrogen) atoms. The molecule has 1 aliphatic heterocycles. The van der Waals surface area contributed by atoms with E-state index in [-0.39, 0.29) is 0 Å². The van der Waals surface area contributed by atoms with E-state index < -0.39 is 0 Å². The van der Waals surface area contributed by atoms with E-state index >= 15 is 0 Å². The first kappa shape index (κ1) is 7.66. The largest absolute Gasteiger partial charge is 0.376 e. The first-order valence-corrected chi connectivity index (χ1v) is 4.28. The quantitative estimate of drug-likeness (QED) is 0.628. The van der Waals surface area contributed by atoms with Gasteiger partial charge in [-0.15, -0.1) is 11.8 Å². The van der Waals surface area contributed by atoms with Crippen LogP contribution in [-0.4, -0.2) is 18.6 Å². The van der Waals surface area contributed by atoms with Crippen molar-refractivity contribution >= 4 is 18.5 Å². The molecule has 1 heterocycles. The maximum Gasteiger partial charge on any atom is 0.0778 e. The lowest BCUT2D eigenvalue weighted by Crippen LogP contribution is -2.19. The van der Waals surface area contributed by atoms with Gasteiger partial charge in [0.05, 0.1) is 5.37 Å². The lowest BCUT2D eigenvalue weighted by Gasteiger charge is -2.08. The lowest BCUT2D eigenvalue weighted by atomic mass is 10.4. The Morgan fingerprint density at radius 3 is 3.20 bits per heavy atom. The van der Waals surface area contributed by atoms with Gasteiger partial charge in [-0.3, -0.25) is 0 Å². The van der Waals surface area contributed by atoms with Crippen LogP contribution in [0.25, 0.3) is 0 Å². The highest BCUT2D eigenvalue weighted by atomic mass is 32.2. The molecule has 0 aromatic carbocycles. The Bertz CT molecular complexity index is 154. The molecule has 1 N–H and O–H groups in total. The molecule has 0 aromatic rings. The molecule has 1 atom stereocenters. The molecular formula is C7H12N2S. The molecule has 0 fully saturated rings. The van der Waals surface area contributed by atoms with Crippen LogP contribution in [0.1, 0.15) is 13.3 Å². The molecule has 1 aliphatic rings. The van der Waals surface area contributed by atoms with Crippen molar-refractivity contribution in [1.29, 1.82) is 0 Å². The number of aliphatic imine (C=N–C) groups is 1. The predicted molar refractivity (Wildman–Crippen MR) is 47.3 cm³/mol. The average molecular weight is 156 g/mol. The number of nitrogens with zero attached hydrogens (tertiary/aromatic N) is 1. The number of hydrogen-bond donors (Lipinski definition) is 1. The van der Waals surface area contributed by atoms with E-state index in [1.54, 1.807) is 0 Å². The van der Waals surface area contributed by atoms with Crippen LogP contribution in [0.2, 0.25) is 0 Å². The van der Waals surface area contributed by atoms with Crippen molar-refractivity contribution < 1.29 is 0 Å². The Balaban J connectivity index is 2.16. The normalized spacial score (nSPS) is 23.7. The van der Waals surface area contributed by atoms with E-state index in [9.17, 15) is 0 Å². The minimum Gasteiger partial charge on any atom is -0.376 e. The maximum atomic E-state index is 3.80. The van der Waals surface area contributed by atoms with Crippen molar-refractivity contribution in [1.82, 2.24) is 5.32 Å². The molecular weight excluding hydrogens is 144 g/mol. The van der Waals surface area contributed by atoms with Gasteiger partial charge in [0.15, 0.2) is 0 Å². The Labute approximate surface area is 65.8 Å². The Kier molecular flexibility index (Phi) is 2.81. The molecule has 1 rings (SSSR count). The van der Waals surface area contributed by atoms with Crippen molar-refractivity contribution in [3.8, 4) is 0 Å². The number of allylic oxidation sites excluding steroid dienone is 1. The Morgan fingerprint density at radius 2 is 2.70 bits per heavy atom. The fourth-order valence-electron chi connectivity index (χ4n) is 0.855. The van der Waals surface area contributed by atoms with Crippen molar-refractivity contribution in [3.63, 3.8) is 0 Å².